The van der Waals surface area contributed by atoms with Crippen LogP contribution in [0.2, 0.25) is 0 Å². The molecule has 4 nitrogen and oxygen atoms in total. The van der Waals surface area contributed by atoms with Gasteiger partial charge < -0.3 is 10.1 Å². The van der Waals surface area contributed by atoms with E-state index in [0.29, 0.717) is 12.1 Å². The molecular formula is C20H23BrN2O2. The zero-order valence-corrected chi connectivity index (χ0v) is 16.0. The van der Waals surface area contributed by atoms with Crippen LogP contribution < -0.4 is 10.1 Å². The Balaban J connectivity index is 1.70. The summed E-state index contributed by atoms with van der Waals surface area (Å²) in [5, 5.41) is 3.10. The standard InChI is InChI=1S/C20H23BrN2O2/c1-25-18-10-6-15(7-11-18)19(23-12-2-3-13-23)14-22-20(24)16-4-8-17(21)9-5-16/h4-11,19H,2-3,12-14H2,1H3,(H,22,24)/t19-/m1/s1. The molecule has 0 bridgehead atoms. The van der Waals surface area contributed by atoms with E-state index in [1.54, 1.807) is 7.11 Å². The quantitative estimate of drug-likeness (QED) is 0.792. The number of halogens is 1. The van der Waals surface area contributed by atoms with Gasteiger partial charge in [-0.15, -0.1) is 0 Å². The number of rotatable bonds is 6. The Morgan fingerprint density at radius 3 is 2.36 bits per heavy atom. The van der Waals surface area contributed by atoms with E-state index in [4.69, 9.17) is 4.74 Å². The van der Waals surface area contributed by atoms with Crippen LogP contribution in [0.25, 0.3) is 0 Å². The summed E-state index contributed by atoms with van der Waals surface area (Å²) in [6.45, 7) is 2.75. The Labute approximate surface area is 157 Å². The summed E-state index contributed by atoms with van der Waals surface area (Å²) >= 11 is 3.40. The average Bonchev–Trinajstić information content (AvgIpc) is 3.17. The van der Waals surface area contributed by atoms with Crippen molar-refractivity contribution in [2.45, 2.75) is 18.9 Å². The van der Waals surface area contributed by atoms with E-state index in [0.717, 1.165) is 23.3 Å². The maximum absolute atomic E-state index is 12.4. The molecule has 1 N–H and O–H groups in total. The molecule has 1 heterocycles. The second-order valence-electron chi connectivity index (χ2n) is 6.25. The maximum Gasteiger partial charge on any atom is 0.251 e. The predicted molar refractivity (Wildman–Crippen MR) is 103 cm³/mol. The van der Waals surface area contributed by atoms with Crippen LogP contribution in [0.1, 0.15) is 34.8 Å². The number of carbonyl (C=O) groups excluding carboxylic acids is 1. The second-order valence-corrected chi connectivity index (χ2v) is 7.16. The van der Waals surface area contributed by atoms with Gasteiger partial charge in [0.2, 0.25) is 0 Å². The van der Waals surface area contributed by atoms with Crippen LogP contribution in [0.15, 0.2) is 53.0 Å². The lowest BCUT2D eigenvalue weighted by Crippen LogP contribution is -2.36. The molecule has 0 spiro atoms. The van der Waals surface area contributed by atoms with Crippen molar-refractivity contribution in [3.8, 4) is 5.75 Å². The number of benzene rings is 2. The molecular weight excluding hydrogens is 380 g/mol. The SMILES string of the molecule is COc1ccc([C@@H](CNC(=O)c2ccc(Br)cc2)N2CCCC2)cc1. The van der Waals surface area contributed by atoms with Gasteiger partial charge in [0.15, 0.2) is 0 Å². The Morgan fingerprint density at radius 2 is 1.76 bits per heavy atom. The molecule has 1 fully saturated rings. The lowest BCUT2D eigenvalue weighted by Gasteiger charge is -2.28. The van der Waals surface area contributed by atoms with Gasteiger partial charge in [-0.1, -0.05) is 28.1 Å². The van der Waals surface area contributed by atoms with Crippen LogP contribution in [-0.2, 0) is 0 Å². The molecule has 0 unspecified atom stereocenters. The predicted octanol–water partition coefficient (Wildman–Crippen LogP) is 4.02. The molecule has 3 rings (SSSR count). The van der Waals surface area contributed by atoms with Gasteiger partial charge in [0.05, 0.1) is 13.2 Å². The van der Waals surface area contributed by atoms with Gasteiger partial charge in [-0.05, 0) is 67.9 Å². The Bertz CT molecular complexity index is 695. The van der Waals surface area contributed by atoms with Crippen molar-refractivity contribution in [1.29, 1.82) is 0 Å². The molecule has 1 aliphatic rings. The van der Waals surface area contributed by atoms with E-state index in [2.05, 4.69) is 38.3 Å². The topological polar surface area (TPSA) is 41.6 Å². The first kappa shape index (κ1) is 18.0. The number of hydrogen-bond acceptors (Lipinski definition) is 3. The molecule has 0 aliphatic carbocycles. The van der Waals surface area contributed by atoms with Gasteiger partial charge >= 0.3 is 0 Å². The molecule has 0 radical (unpaired) electrons. The molecule has 1 aliphatic heterocycles. The minimum absolute atomic E-state index is 0.0368. The molecule has 2 aromatic carbocycles. The van der Waals surface area contributed by atoms with E-state index in [1.165, 1.54) is 18.4 Å². The van der Waals surface area contributed by atoms with Crippen LogP contribution in [-0.4, -0.2) is 37.6 Å². The molecule has 0 saturated carbocycles. The van der Waals surface area contributed by atoms with E-state index >= 15 is 0 Å². The highest BCUT2D eigenvalue weighted by Gasteiger charge is 2.24. The molecule has 1 saturated heterocycles. The number of nitrogens with zero attached hydrogens (tertiary/aromatic N) is 1. The first-order valence-corrected chi connectivity index (χ1v) is 9.38. The van der Waals surface area contributed by atoms with Gasteiger partial charge in [0.1, 0.15) is 5.75 Å². The van der Waals surface area contributed by atoms with Crippen molar-refractivity contribution in [3.05, 3.63) is 64.1 Å². The Kier molecular flexibility index (Phi) is 6.10. The zero-order chi connectivity index (χ0) is 17.6. The summed E-state index contributed by atoms with van der Waals surface area (Å²) in [5.41, 5.74) is 1.89. The van der Waals surface area contributed by atoms with Crippen molar-refractivity contribution in [2.75, 3.05) is 26.7 Å². The molecule has 5 heteroatoms. The van der Waals surface area contributed by atoms with Gasteiger partial charge in [0.25, 0.3) is 5.91 Å². The minimum atomic E-state index is -0.0368. The first-order chi connectivity index (χ1) is 12.2. The second kappa shape index (κ2) is 8.50. The van der Waals surface area contributed by atoms with Gasteiger partial charge in [-0.2, -0.15) is 0 Å². The van der Waals surface area contributed by atoms with E-state index in [-0.39, 0.29) is 11.9 Å². The van der Waals surface area contributed by atoms with Gasteiger partial charge in [-0.3, -0.25) is 9.69 Å². The van der Waals surface area contributed by atoms with Crippen molar-refractivity contribution >= 4 is 21.8 Å². The van der Waals surface area contributed by atoms with Crippen LogP contribution in [0, 0.1) is 0 Å². The summed E-state index contributed by atoms with van der Waals surface area (Å²) in [5.74, 6) is 0.813. The molecule has 0 aromatic heterocycles. The lowest BCUT2D eigenvalue weighted by atomic mass is 10.0. The van der Waals surface area contributed by atoms with Crippen molar-refractivity contribution in [1.82, 2.24) is 10.2 Å². The molecule has 2 aromatic rings. The minimum Gasteiger partial charge on any atom is -0.497 e. The van der Waals surface area contributed by atoms with Crippen molar-refractivity contribution < 1.29 is 9.53 Å². The number of methoxy groups -OCH3 is 1. The molecule has 132 valence electrons. The fourth-order valence-corrected chi connectivity index (χ4v) is 3.49. The number of hydrogen-bond donors (Lipinski definition) is 1. The van der Waals surface area contributed by atoms with Crippen LogP contribution >= 0.6 is 15.9 Å². The maximum atomic E-state index is 12.4. The molecule has 1 atom stereocenters. The Hall–Kier alpha value is -1.85. The van der Waals surface area contributed by atoms with Gasteiger partial charge in [-0.25, -0.2) is 0 Å². The third kappa shape index (κ3) is 4.61. The smallest absolute Gasteiger partial charge is 0.251 e. The van der Waals surface area contributed by atoms with Gasteiger partial charge in [0, 0.05) is 16.6 Å². The average molecular weight is 403 g/mol. The number of nitrogens with one attached hydrogen (secondary N) is 1. The number of carbonyl (C=O) groups is 1. The van der Waals surface area contributed by atoms with E-state index < -0.39 is 0 Å². The first-order valence-electron chi connectivity index (χ1n) is 8.59. The molecule has 1 amide bonds. The zero-order valence-electron chi connectivity index (χ0n) is 14.4. The number of ether oxygens (including phenoxy) is 1. The Morgan fingerprint density at radius 1 is 1.12 bits per heavy atom. The summed E-state index contributed by atoms with van der Waals surface area (Å²) < 4.78 is 6.22. The highest BCUT2D eigenvalue weighted by molar-refractivity contribution is 9.10. The van der Waals surface area contributed by atoms with E-state index in [9.17, 15) is 4.79 Å². The van der Waals surface area contributed by atoms with Crippen LogP contribution in [0.4, 0.5) is 0 Å². The largest absolute Gasteiger partial charge is 0.497 e. The highest BCUT2D eigenvalue weighted by atomic mass is 79.9. The summed E-state index contributed by atoms with van der Waals surface area (Å²) in [7, 11) is 1.67. The third-order valence-corrected chi connectivity index (χ3v) is 5.17. The monoisotopic (exact) mass is 402 g/mol. The number of likely N-dealkylation sites (tertiary alicyclic amines) is 1. The third-order valence-electron chi connectivity index (χ3n) is 4.64. The van der Waals surface area contributed by atoms with Crippen LogP contribution in [0.5, 0.6) is 5.75 Å². The lowest BCUT2D eigenvalue weighted by molar-refractivity contribution is 0.0938. The fourth-order valence-electron chi connectivity index (χ4n) is 3.23. The van der Waals surface area contributed by atoms with Crippen molar-refractivity contribution in [3.63, 3.8) is 0 Å². The van der Waals surface area contributed by atoms with E-state index in [1.807, 2.05) is 36.4 Å². The summed E-state index contributed by atoms with van der Waals surface area (Å²) in [4.78, 5) is 14.9. The fraction of sp³-hybridized carbons (Fsp3) is 0.350. The van der Waals surface area contributed by atoms with Crippen molar-refractivity contribution in [2.24, 2.45) is 0 Å². The molecule has 25 heavy (non-hydrogen) atoms. The normalized spacial score (nSPS) is 15.8. The summed E-state index contributed by atoms with van der Waals surface area (Å²) in [6, 6.07) is 15.8. The number of amides is 1. The summed E-state index contributed by atoms with van der Waals surface area (Å²) in [6.07, 6.45) is 2.43. The van der Waals surface area contributed by atoms with Crippen LogP contribution in [0.3, 0.4) is 0 Å². The highest BCUT2D eigenvalue weighted by Crippen LogP contribution is 2.26.